The first-order chi connectivity index (χ1) is 13.8. The van der Waals surface area contributed by atoms with Crippen molar-refractivity contribution < 1.29 is 40.6 Å². The molecule has 1 atom stereocenters. The fourth-order valence-corrected chi connectivity index (χ4v) is 4.04. The van der Waals surface area contributed by atoms with E-state index in [1.54, 1.807) is 0 Å². The average molecular weight is 434 g/mol. The van der Waals surface area contributed by atoms with E-state index in [4.69, 9.17) is 0 Å². The zero-order valence-corrected chi connectivity index (χ0v) is 14.9. The third-order valence-corrected chi connectivity index (χ3v) is 5.40. The Hall–Kier alpha value is -2.82. The molecule has 2 aromatic carbocycles. The Balaban J connectivity index is 2.01. The molecule has 4 nitrogen and oxygen atoms in total. The van der Waals surface area contributed by atoms with Gasteiger partial charge in [-0.1, -0.05) is 24.3 Å². The van der Waals surface area contributed by atoms with Crippen LogP contribution in [0, 0.1) is 0 Å². The number of halogens is 7. The number of benzene rings is 2. The molecule has 1 saturated heterocycles. The molecule has 2 aliphatic heterocycles. The van der Waals surface area contributed by atoms with Crippen LogP contribution in [0.15, 0.2) is 42.5 Å². The van der Waals surface area contributed by atoms with E-state index in [-0.39, 0.29) is 16.9 Å². The molecular weight excluding hydrogens is 421 g/mol. The number of amides is 1. The number of para-hydroxylation sites is 1. The van der Waals surface area contributed by atoms with Gasteiger partial charge in [-0.25, -0.2) is 0 Å². The summed E-state index contributed by atoms with van der Waals surface area (Å²) in [7, 11) is 0. The summed E-state index contributed by atoms with van der Waals surface area (Å²) in [5.41, 5.74) is -4.78. The number of alkyl halides is 7. The van der Waals surface area contributed by atoms with Gasteiger partial charge in [-0.05, 0) is 23.8 Å². The number of rotatable bonds is 2. The highest BCUT2D eigenvalue weighted by Crippen LogP contribution is 2.54. The maximum Gasteiger partial charge on any atom is 0.418 e. The van der Waals surface area contributed by atoms with E-state index in [9.17, 15) is 40.6 Å². The first kappa shape index (κ1) is 20.5. The van der Waals surface area contributed by atoms with Gasteiger partial charge in [0.15, 0.2) is 5.54 Å². The van der Waals surface area contributed by atoms with Crippen molar-refractivity contribution in [3.63, 3.8) is 0 Å². The molecule has 1 amide bonds. The second-order valence-electron chi connectivity index (χ2n) is 7.20. The van der Waals surface area contributed by atoms with E-state index in [1.807, 2.05) is 0 Å². The van der Waals surface area contributed by atoms with Gasteiger partial charge in [0.1, 0.15) is 5.75 Å². The lowest BCUT2D eigenvalue weighted by atomic mass is 9.81. The Morgan fingerprint density at radius 3 is 2.03 bits per heavy atom. The van der Waals surface area contributed by atoms with Crippen molar-refractivity contribution in [2.45, 2.75) is 23.6 Å². The number of nitrogens with zero attached hydrogens (tertiary/aromatic N) is 1. The number of fused-ring (bicyclic) bond motifs is 1. The Kier molecular flexibility index (Phi) is 4.16. The minimum atomic E-state index is -4.89. The molecule has 0 aliphatic carbocycles. The van der Waals surface area contributed by atoms with Gasteiger partial charge in [0.25, 0.3) is 5.91 Å². The maximum atomic E-state index is 14.0. The van der Waals surface area contributed by atoms with Crippen molar-refractivity contribution in [1.29, 1.82) is 0 Å². The van der Waals surface area contributed by atoms with Crippen LogP contribution in [0.1, 0.15) is 16.7 Å². The molecule has 0 spiro atoms. The predicted molar refractivity (Wildman–Crippen MR) is 90.4 cm³/mol. The summed E-state index contributed by atoms with van der Waals surface area (Å²) >= 11 is 0. The number of nitrogens with one attached hydrogen (secondary N) is 1. The Morgan fingerprint density at radius 1 is 0.933 bits per heavy atom. The lowest BCUT2D eigenvalue weighted by molar-refractivity contribution is -0.172. The second-order valence-corrected chi connectivity index (χ2v) is 7.20. The van der Waals surface area contributed by atoms with Crippen LogP contribution in [0.4, 0.5) is 36.4 Å². The van der Waals surface area contributed by atoms with Gasteiger partial charge < -0.3 is 10.4 Å². The monoisotopic (exact) mass is 434 g/mol. The standard InChI is InChI=1S/C19H13F7N2O2/c20-16(21)8-28(9-17(16,22)23)18(10-4-6-11(29)7-5-10)12-2-1-3-13(19(24,25)26)14(12)27-15(18)30/h1-7,29H,8-9H2,(H,27,30)/t18-/m0/s1. The number of likely N-dealkylation sites (tertiary alicyclic amines) is 1. The van der Waals surface area contributed by atoms with Crippen molar-refractivity contribution in [2.75, 3.05) is 18.4 Å². The largest absolute Gasteiger partial charge is 0.508 e. The SMILES string of the molecule is O=C1Nc2c(C(F)(F)F)cccc2[C@]1(c1ccc(O)cc1)N1CC(F)(F)C(F)(F)C1. The Labute approximate surface area is 164 Å². The van der Waals surface area contributed by atoms with Gasteiger partial charge in [-0.3, -0.25) is 9.69 Å². The topological polar surface area (TPSA) is 52.6 Å². The summed E-state index contributed by atoms with van der Waals surface area (Å²) in [5.74, 6) is -10.4. The van der Waals surface area contributed by atoms with Gasteiger partial charge in [0, 0.05) is 5.56 Å². The van der Waals surface area contributed by atoms with Crippen LogP contribution in [0.3, 0.4) is 0 Å². The van der Waals surface area contributed by atoms with E-state index in [1.165, 1.54) is 0 Å². The van der Waals surface area contributed by atoms with E-state index in [2.05, 4.69) is 5.32 Å². The fourth-order valence-electron chi connectivity index (χ4n) is 4.04. The highest BCUT2D eigenvalue weighted by molar-refractivity contribution is 6.09. The van der Waals surface area contributed by atoms with E-state index in [0.717, 1.165) is 36.4 Å². The van der Waals surface area contributed by atoms with Gasteiger partial charge in [-0.15, -0.1) is 0 Å². The van der Waals surface area contributed by atoms with E-state index >= 15 is 0 Å². The molecular formula is C19H13F7N2O2. The van der Waals surface area contributed by atoms with Crippen molar-refractivity contribution >= 4 is 11.6 Å². The molecule has 0 radical (unpaired) electrons. The molecule has 2 heterocycles. The van der Waals surface area contributed by atoms with Crippen molar-refractivity contribution in [1.82, 2.24) is 4.90 Å². The van der Waals surface area contributed by atoms with Crippen molar-refractivity contribution in [3.8, 4) is 5.75 Å². The van der Waals surface area contributed by atoms with Crippen LogP contribution in [0.2, 0.25) is 0 Å². The summed E-state index contributed by atoms with van der Waals surface area (Å²) in [6.45, 7) is -3.10. The highest BCUT2D eigenvalue weighted by Gasteiger charge is 2.69. The number of anilines is 1. The lowest BCUT2D eigenvalue weighted by Crippen LogP contribution is -2.51. The van der Waals surface area contributed by atoms with Crippen molar-refractivity contribution in [3.05, 3.63) is 59.2 Å². The highest BCUT2D eigenvalue weighted by atomic mass is 19.4. The summed E-state index contributed by atoms with van der Waals surface area (Å²) in [5, 5.41) is 11.6. The number of carbonyl (C=O) groups is 1. The third kappa shape index (κ3) is 2.68. The second kappa shape index (κ2) is 6.10. The van der Waals surface area contributed by atoms with E-state index in [0.29, 0.717) is 11.0 Å². The van der Waals surface area contributed by atoms with Crippen LogP contribution in [-0.2, 0) is 16.5 Å². The molecule has 1 fully saturated rings. The molecule has 2 N–H and O–H groups in total. The molecule has 30 heavy (non-hydrogen) atoms. The molecule has 2 aromatic rings. The van der Waals surface area contributed by atoms with Gasteiger partial charge in [-0.2, -0.15) is 30.7 Å². The number of phenols is 1. The minimum Gasteiger partial charge on any atom is -0.508 e. The molecule has 0 aromatic heterocycles. The summed E-state index contributed by atoms with van der Waals surface area (Å²) < 4.78 is 96.4. The number of carbonyl (C=O) groups excluding carboxylic acids is 1. The predicted octanol–water partition coefficient (Wildman–Crippen LogP) is 4.19. The molecule has 0 unspecified atom stereocenters. The van der Waals surface area contributed by atoms with Crippen LogP contribution < -0.4 is 5.32 Å². The van der Waals surface area contributed by atoms with Crippen LogP contribution in [0.25, 0.3) is 0 Å². The quantitative estimate of drug-likeness (QED) is 0.697. The van der Waals surface area contributed by atoms with Crippen LogP contribution in [-0.4, -0.2) is 40.8 Å². The molecule has 11 heteroatoms. The molecule has 160 valence electrons. The van der Waals surface area contributed by atoms with Gasteiger partial charge >= 0.3 is 18.0 Å². The Bertz CT molecular complexity index is 1000. The normalized spacial score (nSPS) is 25.2. The van der Waals surface area contributed by atoms with E-state index < -0.39 is 53.8 Å². The molecule has 0 bridgehead atoms. The summed E-state index contributed by atoms with van der Waals surface area (Å²) in [6.07, 6.45) is -4.89. The van der Waals surface area contributed by atoms with Gasteiger partial charge in [0.05, 0.1) is 24.3 Å². The summed E-state index contributed by atoms with van der Waals surface area (Å²) in [4.78, 5) is 13.5. The first-order valence-corrected chi connectivity index (χ1v) is 8.63. The maximum absolute atomic E-state index is 14.0. The summed E-state index contributed by atoms with van der Waals surface area (Å²) in [6, 6.07) is 7.19. The number of phenolic OH excluding ortho intramolecular Hbond substituents is 1. The lowest BCUT2D eigenvalue weighted by Gasteiger charge is -2.37. The van der Waals surface area contributed by atoms with Crippen molar-refractivity contribution in [2.24, 2.45) is 0 Å². The smallest absolute Gasteiger partial charge is 0.418 e. The minimum absolute atomic E-state index is 0.135. The number of hydrogen-bond acceptors (Lipinski definition) is 3. The number of hydrogen-bond donors (Lipinski definition) is 2. The third-order valence-electron chi connectivity index (χ3n) is 5.40. The Morgan fingerprint density at radius 2 is 1.50 bits per heavy atom. The number of aromatic hydroxyl groups is 1. The molecule has 2 aliphatic rings. The fraction of sp³-hybridized carbons (Fsp3) is 0.316. The zero-order valence-electron chi connectivity index (χ0n) is 14.9. The van der Waals surface area contributed by atoms with Crippen LogP contribution in [0.5, 0.6) is 5.75 Å². The molecule has 4 rings (SSSR count). The molecule has 0 saturated carbocycles. The zero-order chi connectivity index (χ0) is 22.1. The first-order valence-electron chi connectivity index (χ1n) is 8.63. The van der Waals surface area contributed by atoms with Crippen LogP contribution >= 0.6 is 0 Å². The average Bonchev–Trinajstić information content (AvgIpc) is 3.04. The van der Waals surface area contributed by atoms with Gasteiger partial charge in [0.2, 0.25) is 0 Å².